The molecule has 2 aromatic carbocycles. The predicted molar refractivity (Wildman–Crippen MR) is 102 cm³/mol. The molecule has 2 aliphatic rings. The van der Waals surface area contributed by atoms with E-state index in [1.165, 1.54) is 5.56 Å². The molecule has 0 spiro atoms. The van der Waals surface area contributed by atoms with Crippen LogP contribution in [0.25, 0.3) is 0 Å². The molecule has 2 aliphatic heterocycles. The molecule has 2 aromatic rings. The third kappa shape index (κ3) is 3.29. The number of carbonyl (C=O) groups is 2. The number of para-hydroxylation sites is 1. The first-order chi connectivity index (χ1) is 13.0. The molecule has 2 heterocycles. The molecule has 0 N–H and O–H groups in total. The molecule has 0 aromatic heterocycles. The van der Waals surface area contributed by atoms with Gasteiger partial charge in [0.15, 0.2) is 6.61 Å². The molecular formula is C22H24N2O3. The Morgan fingerprint density at radius 2 is 1.81 bits per heavy atom. The van der Waals surface area contributed by atoms with Crippen molar-refractivity contribution < 1.29 is 14.3 Å². The zero-order valence-corrected chi connectivity index (χ0v) is 15.7. The number of ether oxygens (including phenoxy) is 1. The van der Waals surface area contributed by atoms with Crippen LogP contribution in [0.15, 0.2) is 54.6 Å². The average Bonchev–Trinajstić information content (AvgIpc) is 2.67. The van der Waals surface area contributed by atoms with Gasteiger partial charge in [-0.05, 0) is 23.3 Å². The predicted octanol–water partition coefficient (Wildman–Crippen LogP) is 2.77. The Labute approximate surface area is 159 Å². The van der Waals surface area contributed by atoms with Crippen molar-refractivity contribution in [3.05, 3.63) is 65.7 Å². The highest BCUT2D eigenvalue weighted by molar-refractivity contribution is 5.87. The maximum absolute atomic E-state index is 12.8. The lowest BCUT2D eigenvalue weighted by atomic mass is 9.75. The Hall–Kier alpha value is -2.82. The fourth-order valence-electron chi connectivity index (χ4n) is 4.12. The summed E-state index contributed by atoms with van der Waals surface area (Å²) >= 11 is 0. The summed E-state index contributed by atoms with van der Waals surface area (Å²) in [5.74, 6) is 0.497. The minimum Gasteiger partial charge on any atom is -0.484 e. The van der Waals surface area contributed by atoms with Gasteiger partial charge in [-0.15, -0.1) is 0 Å². The van der Waals surface area contributed by atoms with Crippen LogP contribution in [0.3, 0.4) is 0 Å². The van der Waals surface area contributed by atoms with E-state index in [-0.39, 0.29) is 36.4 Å². The van der Waals surface area contributed by atoms with Crippen molar-refractivity contribution in [3.8, 4) is 5.75 Å². The molecule has 0 bridgehead atoms. The van der Waals surface area contributed by atoms with E-state index in [2.05, 4.69) is 26.0 Å². The summed E-state index contributed by atoms with van der Waals surface area (Å²) < 4.78 is 5.58. The largest absolute Gasteiger partial charge is 0.484 e. The number of hydrogen-bond donors (Lipinski definition) is 0. The molecule has 0 aliphatic carbocycles. The number of rotatable bonds is 3. The van der Waals surface area contributed by atoms with Crippen molar-refractivity contribution in [2.45, 2.75) is 25.3 Å². The normalized spacial score (nSPS) is 20.7. The smallest absolute Gasteiger partial charge is 0.261 e. The molecule has 27 heavy (non-hydrogen) atoms. The molecule has 1 fully saturated rings. The maximum atomic E-state index is 12.8. The highest BCUT2D eigenvalue weighted by atomic mass is 16.5. The van der Waals surface area contributed by atoms with Crippen LogP contribution in [-0.4, -0.2) is 47.9 Å². The van der Waals surface area contributed by atoms with Crippen LogP contribution in [0.5, 0.6) is 5.75 Å². The Balaban J connectivity index is 1.53. The molecule has 140 valence electrons. The van der Waals surface area contributed by atoms with E-state index in [0.29, 0.717) is 18.8 Å². The van der Waals surface area contributed by atoms with Crippen molar-refractivity contribution in [2.24, 2.45) is 0 Å². The SMILES string of the molecule is CC1(C)CN2C(=O)CN(C(=O)COc3ccccc3)CC2c2ccccc21. The number of hydrogen-bond acceptors (Lipinski definition) is 3. The second kappa shape index (κ2) is 6.72. The number of nitrogens with zero attached hydrogens (tertiary/aromatic N) is 2. The summed E-state index contributed by atoms with van der Waals surface area (Å²) in [5.41, 5.74) is 2.31. The van der Waals surface area contributed by atoms with Gasteiger partial charge in [0.1, 0.15) is 5.75 Å². The summed E-state index contributed by atoms with van der Waals surface area (Å²) in [4.78, 5) is 29.0. The van der Waals surface area contributed by atoms with Gasteiger partial charge in [-0.1, -0.05) is 56.3 Å². The first-order valence-electron chi connectivity index (χ1n) is 9.30. The Morgan fingerprint density at radius 1 is 1.11 bits per heavy atom. The number of carbonyl (C=O) groups excluding carboxylic acids is 2. The Kier molecular flexibility index (Phi) is 4.38. The van der Waals surface area contributed by atoms with E-state index in [1.807, 2.05) is 47.4 Å². The number of fused-ring (bicyclic) bond motifs is 3. The fraction of sp³-hybridized carbons (Fsp3) is 0.364. The molecule has 0 radical (unpaired) electrons. The number of benzene rings is 2. The summed E-state index contributed by atoms with van der Waals surface area (Å²) in [6.07, 6.45) is 0. The van der Waals surface area contributed by atoms with Crippen LogP contribution in [-0.2, 0) is 15.0 Å². The summed E-state index contributed by atoms with van der Waals surface area (Å²) in [5, 5.41) is 0. The van der Waals surface area contributed by atoms with Gasteiger partial charge in [-0.2, -0.15) is 0 Å². The molecule has 2 amide bonds. The minimum atomic E-state index is -0.158. The zero-order valence-electron chi connectivity index (χ0n) is 15.7. The monoisotopic (exact) mass is 364 g/mol. The summed E-state index contributed by atoms with van der Waals surface area (Å²) in [7, 11) is 0. The van der Waals surface area contributed by atoms with Gasteiger partial charge in [-0.3, -0.25) is 9.59 Å². The van der Waals surface area contributed by atoms with E-state index >= 15 is 0 Å². The minimum absolute atomic E-state index is 0.00175. The number of piperazine rings is 1. The number of amides is 2. The van der Waals surface area contributed by atoms with Gasteiger partial charge >= 0.3 is 0 Å². The van der Waals surface area contributed by atoms with Crippen molar-refractivity contribution >= 4 is 11.8 Å². The second-order valence-electron chi connectivity index (χ2n) is 7.88. The molecule has 0 saturated carbocycles. The highest BCUT2D eigenvalue weighted by Crippen LogP contribution is 2.41. The van der Waals surface area contributed by atoms with E-state index in [1.54, 1.807) is 4.90 Å². The van der Waals surface area contributed by atoms with Crippen LogP contribution >= 0.6 is 0 Å². The van der Waals surface area contributed by atoms with Crippen LogP contribution < -0.4 is 4.74 Å². The van der Waals surface area contributed by atoms with Crippen LogP contribution in [0.2, 0.25) is 0 Å². The van der Waals surface area contributed by atoms with E-state index in [9.17, 15) is 9.59 Å². The molecule has 5 nitrogen and oxygen atoms in total. The fourth-order valence-corrected chi connectivity index (χ4v) is 4.12. The molecule has 5 heteroatoms. The molecule has 1 atom stereocenters. The van der Waals surface area contributed by atoms with Gasteiger partial charge in [0.25, 0.3) is 5.91 Å². The standard InChI is InChI=1S/C22H24N2O3/c1-22(2)15-24-19(17-10-6-7-11-18(17)22)12-23(13-20(24)25)21(26)14-27-16-8-4-3-5-9-16/h3-11,19H,12-15H2,1-2H3. The lowest BCUT2D eigenvalue weighted by Crippen LogP contribution is -2.59. The van der Waals surface area contributed by atoms with E-state index < -0.39 is 0 Å². The zero-order chi connectivity index (χ0) is 19.0. The third-order valence-electron chi connectivity index (χ3n) is 5.49. The van der Waals surface area contributed by atoms with Crippen molar-refractivity contribution in [2.75, 3.05) is 26.2 Å². The lowest BCUT2D eigenvalue weighted by molar-refractivity contribution is -0.151. The van der Waals surface area contributed by atoms with Crippen LogP contribution in [0.1, 0.15) is 31.0 Å². The third-order valence-corrected chi connectivity index (χ3v) is 5.49. The van der Waals surface area contributed by atoms with Gasteiger partial charge in [0, 0.05) is 18.5 Å². The highest BCUT2D eigenvalue weighted by Gasteiger charge is 2.44. The van der Waals surface area contributed by atoms with E-state index in [0.717, 1.165) is 5.56 Å². The quantitative estimate of drug-likeness (QED) is 0.841. The Bertz CT molecular complexity index is 863. The molecule has 1 saturated heterocycles. The maximum Gasteiger partial charge on any atom is 0.261 e. The van der Waals surface area contributed by atoms with Crippen molar-refractivity contribution in [1.29, 1.82) is 0 Å². The van der Waals surface area contributed by atoms with Gasteiger partial charge in [0.2, 0.25) is 5.91 Å². The van der Waals surface area contributed by atoms with Crippen molar-refractivity contribution in [3.63, 3.8) is 0 Å². The van der Waals surface area contributed by atoms with Crippen LogP contribution in [0, 0.1) is 0 Å². The molecule has 4 rings (SSSR count). The average molecular weight is 364 g/mol. The van der Waals surface area contributed by atoms with Gasteiger partial charge in [0.05, 0.1) is 12.6 Å². The van der Waals surface area contributed by atoms with Gasteiger partial charge in [-0.25, -0.2) is 0 Å². The first kappa shape index (κ1) is 17.6. The summed E-state index contributed by atoms with van der Waals surface area (Å²) in [6.45, 7) is 5.58. The first-order valence-corrected chi connectivity index (χ1v) is 9.30. The summed E-state index contributed by atoms with van der Waals surface area (Å²) in [6, 6.07) is 17.4. The molecule has 1 unspecified atom stereocenters. The second-order valence-corrected chi connectivity index (χ2v) is 7.88. The van der Waals surface area contributed by atoms with Crippen molar-refractivity contribution in [1.82, 2.24) is 9.80 Å². The van der Waals surface area contributed by atoms with Crippen LogP contribution in [0.4, 0.5) is 0 Å². The van der Waals surface area contributed by atoms with Gasteiger partial charge < -0.3 is 14.5 Å². The van der Waals surface area contributed by atoms with E-state index in [4.69, 9.17) is 4.74 Å². The molecular weight excluding hydrogens is 340 g/mol. The Morgan fingerprint density at radius 3 is 2.59 bits per heavy atom. The lowest BCUT2D eigenvalue weighted by Gasteiger charge is -2.49. The topological polar surface area (TPSA) is 49.9 Å².